The molecule has 0 aromatic carbocycles. The van der Waals surface area contributed by atoms with Crippen LogP contribution in [0.5, 0.6) is 0 Å². The van der Waals surface area contributed by atoms with Gasteiger partial charge in [0.2, 0.25) is 0 Å². The van der Waals surface area contributed by atoms with E-state index in [9.17, 15) is 0 Å². The van der Waals surface area contributed by atoms with Crippen LogP contribution in [0.1, 0.15) is 20.8 Å². The van der Waals surface area contributed by atoms with Crippen LogP contribution in [-0.4, -0.2) is 14.4 Å². The average Bonchev–Trinajstić information content (AvgIpc) is 1.53. The Morgan fingerprint density at radius 3 is 2.00 bits per heavy atom. The molecule has 11 heavy (non-hydrogen) atoms. The summed E-state index contributed by atoms with van der Waals surface area (Å²) in [7, 11) is -1.33. The third-order valence-electron chi connectivity index (χ3n) is 1.11. The Balaban J connectivity index is 3.89. The van der Waals surface area contributed by atoms with E-state index in [4.69, 9.17) is 4.43 Å². The summed E-state index contributed by atoms with van der Waals surface area (Å²) in [6.45, 7) is 12.9. The maximum absolute atomic E-state index is 5.81. The summed E-state index contributed by atoms with van der Waals surface area (Å²) in [5, 5.41) is 0. The normalized spacial score (nSPS) is 14.4. The van der Waals surface area contributed by atoms with Crippen molar-refractivity contribution in [1.29, 1.82) is 0 Å². The van der Waals surface area contributed by atoms with E-state index in [1.165, 1.54) is 5.57 Å². The van der Waals surface area contributed by atoms with Gasteiger partial charge in [-0.05, 0) is 40.4 Å². The van der Waals surface area contributed by atoms with Crippen molar-refractivity contribution in [3.63, 3.8) is 0 Å². The molecule has 0 heterocycles. The molecule has 0 aromatic rings. The van der Waals surface area contributed by atoms with Gasteiger partial charge in [-0.1, -0.05) is 11.6 Å². The van der Waals surface area contributed by atoms with Gasteiger partial charge < -0.3 is 4.43 Å². The van der Waals surface area contributed by atoms with Crippen molar-refractivity contribution < 1.29 is 4.43 Å². The van der Waals surface area contributed by atoms with Gasteiger partial charge in [0.15, 0.2) is 8.32 Å². The van der Waals surface area contributed by atoms with Crippen molar-refractivity contribution in [3.8, 4) is 0 Å². The second kappa shape index (κ2) is 4.07. The first-order valence-corrected chi connectivity index (χ1v) is 7.55. The summed E-state index contributed by atoms with van der Waals surface area (Å²) in [6, 6.07) is 0. The minimum absolute atomic E-state index is 0.284. The zero-order valence-electron chi connectivity index (χ0n) is 8.56. The SMILES string of the molecule is CC(C)=CC(C)O[Si](C)(C)C. The molecule has 2 heteroatoms. The number of hydrogen-bond donors (Lipinski definition) is 0. The lowest BCUT2D eigenvalue weighted by molar-refractivity contribution is 0.262. The number of allylic oxidation sites excluding steroid dienone is 1. The summed E-state index contributed by atoms with van der Waals surface area (Å²) in [5.41, 5.74) is 1.33. The fourth-order valence-electron chi connectivity index (χ4n) is 1.06. The van der Waals surface area contributed by atoms with Crippen LogP contribution in [0.2, 0.25) is 19.6 Å². The molecular weight excluding hydrogens is 152 g/mol. The molecule has 66 valence electrons. The molecule has 0 bridgehead atoms. The number of hydrogen-bond acceptors (Lipinski definition) is 1. The Morgan fingerprint density at radius 2 is 1.73 bits per heavy atom. The van der Waals surface area contributed by atoms with E-state index < -0.39 is 8.32 Å². The smallest absolute Gasteiger partial charge is 0.184 e. The highest BCUT2D eigenvalue weighted by atomic mass is 28.4. The molecule has 0 fully saturated rings. The lowest BCUT2D eigenvalue weighted by Crippen LogP contribution is -2.29. The van der Waals surface area contributed by atoms with Crippen LogP contribution in [0.25, 0.3) is 0 Å². The van der Waals surface area contributed by atoms with Gasteiger partial charge in [0.05, 0.1) is 6.10 Å². The van der Waals surface area contributed by atoms with Crippen molar-refractivity contribution in [1.82, 2.24) is 0 Å². The van der Waals surface area contributed by atoms with Crippen molar-refractivity contribution in [2.75, 3.05) is 0 Å². The second-order valence-electron chi connectivity index (χ2n) is 4.18. The third kappa shape index (κ3) is 7.82. The van der Waals surface area contributed by atoms with Gasteiger partial charge in [-0.25, -0.2) is 0 Å². The van der Waals surface area contributed by atoms with Gasteiger partial charge in [-0.3, -0.25) is 0 Å². The van der Waals surface area contributed by atoms with Gasteiger partial charge in [0.1, 0.15) is 0 Å². The first-order chi connectivity index (χ1) is 4.81. The molecule has 0 aliphatic rings. The number of rotatable bonds is 3. The molecule has 0 saturated heterocycles. The molecule has 0 aliphatic carbocycles. The van der Waals surface area contributed by atoms with Crippen LogP contribution in [0.4, 0.5) is 0 Å². The molecule has 1 nitrogen and oxygen atoms in total. The van der Waals surface area contributed by atoms with Crippen LogP contribution >= 0.6 is 0 Å². The standard InChI is InChI=1S/C9H20OSi/c1-8(2)7-9(3)10-11(4,5)6/h7,9H,1-6H3. The molecule has 0 aliphatic heterocycles. The topological polar surface area (TPSA) is 9.23 Å². The monoisotopic (exact) mass is 172 g/mol. The summed E-state index contributed by atoms with van der Waals surface area (Å²) < 4.78 is 5.81. The van der Waals surface area contributed by atoms with E-state index in [1.807, 2.05) is 0 Å². The van der Waals surface area contributed by atoms with E-state index >= 15 is 0 Å². The first kappa shape index (κ1) is 10.9. The fraction of sp³-hybridized carbons (Fsp3) is 0.778. The van der Waals surface area contributed by atoms with Crippen molar-refractivity contribution >= 4 is 8.32 Å². The zero-order valence-corrected chi connectivity index (χ0v) is 9.56. The summed E-state index contributed by atoms with van der Waals surface area (Å²) in [4.78, 5) is 0. The van der Waals surface area contributed by atoms with Crippen LogP contribution in [0.15, 0.2) is 11.6 Å². The quantitative estimate of drug-likeness (QED) is 0.469. The Bertz CT molecular complexity index is 140. The molecule has 0 amide bonds. The third-order valence-corrected chi connectivity index (χ3v) is 2.19. The molecule has 0 rings (SSSR count). The molecule has 0 saturated carbocycles. The Hall–Kier alpha value is -0.0831. The van der Waals surface area contributed by atoms with Crippen molar-refractivity contribution in [2.45, 2.75) is 46.5 Å². The maximum atomic E-state index is 5.81. The lowest BCUT2D eigenvalue weighted by Gasteiger charge is -2.21. The highest BCUT2D eigenvalue weighted by Gasteiger charge is 2.16. The van der Waals surface area contributed by atoms with Crippen LogP contribution in [-0.2, 0) is 4.43 Å². The van der Waals surface area contributed by atoms with Gasteiger partial charge in [0.25, 0.3) is 0 Å². The van der Waals surface area contributed by atoms with E-state index in [-0.39, 0.29) is 6.10 Å². The summed E-state index contributed by atoms with van der Waals surface area (Å²) in [5.74, 6) is 0. The lowest BCUT2D eigenvalue weighted by atomic mass is 10.2. The van der Waals surface area contributed by atoms with Crippen LogP contribution in [0.3, 0.4) is 0 Å². The molecule has 0 spiro atoms. The van der Waals surface area contributed by atoms with Crippen LogP contribution < -0.4 is 0 Å². The predicted molar refractivity (Wildman–Crippen MR) is 53.3 cm³/mol. The minimum atomic E-state index is -1.33. The molecular formula is C9H20OSi. The van der Waals surface area contributed by atoms with E-state index in [2.05, 4.69) is 46.5 Å². The minimum Gasteiger partial charge on any atom is -0.412 e. The summed E-state index contributed by atoms with van der Waals surface area (Å²) >= 11 is 0. The largest absolute Gasteiger partial charge is 0.412 e. The predicted octanol–water partition coefficient (Wildman–Crippen LogP) is 3.19. The zero-order chi connectivity index (χ0) is 9.07. The first-order valence-electron chi connectivity index (χ1n) is 4.14. The fourth-order valence-corrected chi connectivity index (χ4v) is 2.24. The molecule has 0 aromatic heterocycles. The Kier molecular flexibility index (Phi) is 4.04. The van der Waals surface area contributed by atoms with Crippen molar-refractivity contribution in [3.05, 3.63) is 11.6 Å². The van der Waals surface area contributed by atoms with Gasteiger partial charge in [0, 0.05) is 0 Å². The van der Waals surface area contributed by atoms with E-state index in [0.29, 0.717) is 0 Å². The van der Waals surface area contributed by atoms with Gasteiger partial charge in [-0.15, -0.1) is 0 Å². The molecule has 1 atom stereocenters. The molecule has 0 N–H and O–H groups in total. The average molecular weight is 172 g/mol. The molecule has 0 radical (unpaired) electrons. The van der Waals surface area contributed by atoms with Gasteiger partial charge >= 0.3 is 0 Å². The Labute approximate surface area is 71.6 Å². The highest BCUT2D eigenvalue weighted by Crippen LogP contribution is 2.08. The van der Waals surface area contributed by atoms with E-state index in [0.717, 1.165) is 0 Å². The maximum Gasteiger partial charge on any atom is 0.184 e. The molecule has 1 unspecified atom stereocenters. The van der Waals surface area contributed by atoms with Crippen LogP contribution in [0, 0.1) is 0 Å². The summed E-state index contributed by atoms with van der Waals surface area (Å²) in [6.07, 6.45) is 2.45. The Morgan fingerprint density at radius 1 is 1.27 bits per heavy atom. The van der Waals surface area contributed by atoms with Gasteiger partial charge in [-0.2, -0.15) is 0 Å². The second-order valence-corrected chi connectivity index (χ2v) is 8.64. The van der Waals surface area contributed by atoms with E-state index in [1.54, 1.807) is 0 Å². The highest BCUT2D eigenvalue weighted by molar-refractivity contribution is 6.69. The van der Waals surface area contributed by atoms with Crippen molar-refractivity contribution in [2.24, 2.45) is 0 Å².